The van der Waals surface area contributed by atoms with Crippen LogP contribution in [0, 0.1) is 10.1 Å². The maximum Gasteiger partial charge on any atom is 0.319 e. The van der Waals surface area contributed by atoms with Crippen LogP contribution < -0.4 is 10.6 Å². The second-order valence-corrected chi connectivity index (χ2v) is 5.09. The van der Waals surface area contributed by atoms with Crippen LogP contribution in [0.5, 0.6) is 0 Å². The average molecular weight is 336 g/mol. The fraction of sp³-hybridized carbons (Fsp3) is 0.133. The molecule has 0 aliphatic rings. The van der Waals surface area contributed by atoms with Crippen LogP contribution in [0.4, 0.5) is 16.2 Å². The molecule has 1 atom stereocenters. The van der Waals surface area contributed by atoms with Crippen molar-refractivity contribution in [1.82, 2.24) is 5.32 Å². The third kappa shape index (κ3) is 4.67. The van der Waals surface area contributed by atoms with Gasteiger partial charge in [0.15, 0.2) is 0 Å². The first kappa shape index (κ1) is 16.7. The second-order valence-electron chi connectivity index (χ2n) is 4.68. The molecule has 2 rings (SSSR count). The number of hydrogen-bond acceptors (Lipinski definition) is 4. The van der Waals surface area contributed by atoms with E-state index in [1.54, 1.807) is 24.3 Å². The van der Waals surface area contributed by atoms with Gasteiger partial charge in [-0.25, -0.2) is 4.79 Å². The second kappa shape index (κ2) is 7.57. The molecule has 2 aromatic rings. The SMILES string of the molecule is O=C(NCC(O)c1ccccc1Cl)Nc1cccc([N+](=O)[O-])c1. The number of nitrogens with one attached hydrogen (secondary N) is 2. The van der Waals surface area contributed by atoms with E-state index in [1.165, 1.54) is 24.3 Å². The van der Waals surface area contributed by atoms with E-state index in [0.717, 1.165) is 0 Å². The Kier molecular flexibility index (Phi) is 5.51. The molecule has 0 spiro atoms. The largest absolute Gasteiger partial charge is 0.387 e. The van der Waals surface area contributed by atoms with Gasteiger partial charge in [-0.15, -0.1) is 0 Å². The van der Waals surface area contributed by atoms with Gasteiger partial charge >= 0.3 is 6.03 Å². The molecule has 0 saturated heterocycles. The zero-order valence-electron chi connectivity index (χ0n) is 11.9. The number of carbonyl (C=O) groups excluding carboxylic acids is 1. The van der Waals surface area contributed by atoms with Gasteiger partial charge in [0.1, 0.15) is 0 Å². The number of halogens is 1. The standard InChI is InChI=1S/C15H14ClN3O4/c16-13-7-2-1-6-12(13)14(20)9-17-15(21)18-10-4-3-5-11(8-10)19(22)23/h1-8,14,20H,9H2,(H2,17,18,21). The van der Waals surface area contributed by atoms with Crippen LogP contribution in [0.1, 0.15) is 11.7 Å². The molecule has 0 saturated carbocycles. The van der Waals surface area contributed by atoms with Gasteiger partial charge in [-0.05, 0) is 12.1 Å². The van der Waals surface area contributed by atoms with Crippen LogP contribution in [-0.4, -0.2) is 22.6 Å². The van der Waals surface area contributed by atoms with Crippen LogP contribution in [0.25, 0.3) is 0 Å². The van der Waals surface area contributed by atoms with Crippen molar-refractivity contribution >= 4 is 29.0 Å². The molecular formula is C15H14ClN3O4. The molecular weight excluding hydrogens is 322 g/mol. The maximum absolute atomic E-state index is 11.8. The van der Waals surface area contributed by atoms with Crippen molar-refractivity contribution in [3.8, 4) is 0 Å². The third-order valence-corrected chi connectivity index (χ3v) is 3.38. The predicted octanol–water partition coefficient (Wildman–Crippen LogP) is 3.10. The fourth-order valence-electron chi connectivity index (χ4n) is 1.92. The van der Waals surface area contributed by atoms with Crippen LogP contribution in [0.2, 0.25) is 5.02 Å². The minimum Gasteiger partial charge on any atom is -0.387 e. The number of nitro benzene ring substituents is 1. The van der Waals surface area contributed by atoms with Crippen LogP contribution >= 0.6 is 11.6 Å². The fourth-order valence-corrected chi connectivity index (χ4v) is 2.18. The molecule has 120 valence electrons. The quantitative estimate of drug-likeness (QED) is 0.576. The van der Waals surface area contributed by atoms with Crippen LogP contribution in [-0.2, 0) is 0 Å². The number of rotatable bonds is 5. The summed E-state index contributed by atoms with van der Waals surface area (Å²) in [5.41, 5.74) is 0.660. The molecule has 2 aromatic carbocycles. The van der Waals surface area contributed by atoms with Crippen molar-refractivity contribution in [2.24, 2.45) is 0 Å². The summed E-state index contributed by atoms with van der Waals surface area (Å²) in [5.74, 6) is 0. The number of aliphatic hydroxyl groups excluding tert-OH is 1. The van der Waals surface area contributed by atoms with Crippen molar-refractivity contribution in [3.63, 3.8) is 0 Å². The molecule has 0 aliphatic heterocycles. The Morgan fingerprint density at radius 1 is 1.26 bits per heavy atom. The Labute approximate surface area is 137 Å². The lowest BCUT2D eigenvalue weighted by atomic mass is 10.1. The number of nitro groups is 1. The van der Waals surface area contributed by atoms with E-state index in [4.69, 9.17) is 11.6 Å². The zero-order chi connectivity index (χ0) is 16.8. The molecule has 0 bridgehead atoms. The minimum absolute atomic E-state index is 0.0511. The Hall–Kier alpha value is -2.64. The van der Waals surface area contributed by atoms with E-state index in [-0.39, 0.29) is 17.9 Å². The number of nitrogens with zero attached hydrogens (tertiary/aromatic N) is 1. The first-order valence-electron chi connectivity index (χ1n) is 6.69. The molecule has 1 unspecified atom stereocenters. The van der Waals surface area contributed by atoms with E-state index in [1.807, 2.05) is 0 Å². The van der Waals surface area contributed by atoms with Crippen molar-refractivity contribution in [2.45, 2.75) is 6.10 Å². The van der Waals surface area contributed by atoms with E-state index < -0.39 is 17.1 Å². The monoisotopic (exact) mass is 335 g/mol. The lowest BCUT2D eigenvalue weighted by molar-refractivity contribution is -0.384. The smallest absolute Gasteiger partial charge is 0.319 e. The minimum atomic E-state index is -0.959. The first-order valence-corrected chi connectivity index (χ1v) is 7.07. The zero-order valence-corrected chi connectivity index (χ0v) is 12.7. The van der Waals surface area contributed by atoms with Gasteiger partial charge in [-0.1, -0.05) is 35.9 Å². The van der Waals surface area contributed by atoms with Gasteiger partial charge in [-0.3, -0.25) is 10.1 Å². The van der Waals surface area contributed by atoms with Gasteiger partial charge in [0.2, 0.25) is 0 Å². The summed E-state index contributed by atoms with van der Waals surface area (Å²) in [6.45, 7) is -0.0511. The predicted molar refractivity (Wildman–Crippen MR) is 86.5 cm³/mol. The molecule has 23 heavy (non-hydrogen) atoms. The average Bonchev–Trinajstić information content (AvgIpc) is 2.53. The number of hydrogen-bond donors (Lipinski definition) is 3. The summed E-state index contributed by atoms with van der Waals surface area (Å²) in [7, 11) is 0. The van der Waals surface area contributed by atoms with Crippen molar-refractivity contribution in [1.29, 1.82) is 0 Å². The summed E-state index contributed by atoms with van der Waals surface area (Å²) in [5, 5.41) is 26.0. The first-order chi connectivity index (χ1) is 11.0. The number of anilines is 1. The highest BCUT2D eigenvalue weighted by Crippen LogP contribution is 2.22. The van der Waals surface area contributed by atoms with Gasteiger partial charge in [0, 0.05) is 35.0 Å². The highest BCUT2D eigenvalue weighted by molar-refractivity contribution is 6.31. The highest BCUT2D eigenvalue weighted by atomic mass is 35.5. The number of benzene rings is 2. The highest BCUT2D eigenvalue weighted by Gasteiger charge is 2.13. The Morgan fingerprint density at radius 3 is 2.70 bits per heavy atom. The van der Waals surface area contributed by atoms with E-state index >= 15 is 0 Å². The third-order valence-electron chi connectivity index (χ3n) is 3.04. The maximum atomic E-state index is 11.8. The van der Waals surface area contributed by atoms with E-state index in [9.17, 15) is 20.0 Å². The Balaban J connectivity index is 1.91. The van der Waals surface area contributed by atoms with E-state index in [0.29, 0.717) is 10.6 Å². The van der Waals surface area contributed by atoms with Gasteiger partial charge in [0.25, 0.3) is 5.69 Å². The summed E-state index contributed by atoms with van der Waals surface area (Å²) >= 11 is 5.96. The van der Waals surface area contributed by atoms with Crippen LogP contribution in [0.15, 0.2) is 48.5 Å². The van der Waals surface area contributed by atoms with Crippen molar-refractivity contribution < 1.29 is 14.8 Å². The molecule has 0 aliphatic carbocycles. The van der Waals surface area contributed by atoms with Crippen molar-refractivity contribution in [2.75, 3.05) is 11.9 Å². The number of aliphatic hydroxyl groups is 1. The van der Waals surface area contributed by atoms with Crippen LogP contribution in [0.3, 0.4) is 0 Å². The number of urea groups is 1. The molecule has 3 N–H and O–H groups in total. The Morgan fingerprint density at radius 2 is 2.00 bits per heavy atom. The number of amides is 2. The summed E-state index contributed by atoms with van der Waals surface area (Å²) in [6.07, 6.45) is -0.959. The van der Waals surface area contributed by atoms with Crippen molar-refractivity contribution in [3.05, 3.63) is 69.2 Å². The van der Waals surface area contributed by atoms with Gasteiger partial charge < -0.3 is 15.7 Å². The lowest BCUT2D eigenvalue weighted by Gasteiger charge is -2.14. The van der Waals surface area contributed by atoms with E-state index in [2.05, 4.69) is 10.6 Å². The molecule has 7 nitrogen and oxygen atoms in total. The normalized spacial score (nSPS) is 11.6. The number of carbonyl (C=O) groups is 1. The number of non-ortho nitro benzene ring substituents is 1. The van der Waals surface area contributed by atoms with Gasteiger partial charge in [-0.2, -0.15) is 0 Å². The topological polar surface area (TPSA) is 104 Å². The molecule has 0 fully saturated rings. The van der Waals surface area contributed by atoms with Gasteiger partial charge in [0.05, 0.1) is 11.0 Å². The Bertz CT molecular complexity index is 723. The molecule has 0 aromatic heterocycles. The molecule has 8 heteroatoms. The summed E-state index contributed by atoms with van der Waals surface area (Å²) in [4.78, 5) is 21.9. The molecule has 0 radical (unpaired) electrons. The lowest BCUT2D eigenvalue weighted by Crippen LogP contribution is -2.32. The molecule has 2 amide bonds. The summed E-state index contributed by atoms with van der Waals surface area (Å²) < 4.78 is 0. The molecule has 0 heterocycles. The summed E-state index contributed by atoms with van der Waals surface area (Å²) in [6, 6.07) is 11.7.